The third kappa shape index (κ3) is 4.28. The number of hydrogen-bond acceptors (Lipinski definition) is 7. The third-order valence-corrected chi connectivity index (χ3v) is 5.06. The molecule has 1 atom stereocenters. The number of hydroxylamine groups is 1. The number of anilines is 2. The lowest BCUT2D eigenvalue weighted by Crippen LogP contribution is -2.30. The van der Waals surface area contributed by atoms with E-state index in [9.17, 15) is 14.3 Å². The maximum absolute atomic E-state index is 14.3. The van der Waals surface area contributed by atoms with Crippen LogP contribution in [0.1, 0.15) is 21.5 Å². The summed E-state index contributed by atoms with van der Waals surface area (Å²) in [6, 6.07) is 6.54. The van der Waals surface area contributed by atoms with Crippen molar-refractivity contribution in [2.45, 2.75) is 20.0 Å². The SMILES string of the molecule is Cc1ccc(Nc2sc3nccc(C)c3c2C(=O)NOC[C@@H](O)CO)c(F)c1. The Labute approximate surface area is 164 Å². The van der Waals surface area contributed by atoms with E-state index >= 15 is 0 Å². The molecule has 0 aliphatic rings. The van der Waals surface area contributed by atoms with Gasteiger partial charge in [-0.25, -0.2) is 14.9 Å². The summed E-state index contributed by atoms with van der Waals surface area (Å²) in [4.78, 5) is 22.7. The maximum Gasteiger partial charge on any atom is 0.278 e. The molecule has 0 unspecified atom stereocenters. The summed E-state index contributed by atoms with van der Waals surface area (Å²) in [6.45, 7) is 2.88. The van der Waals surface area contributed by atoms with Gasteiger partial charge in [0.25, 0.3) is 5.91 Å². The molecule has 0 aliphatic heterocycles. The Morgan fingerprint density at radius 2 is 2.14 bits per heavy atom. The van der Waals surface area contributed by atoms with Crippen molar-refractivity contribution < 1.29 is 24.2 Å². The molecule has 0 bridgehead atoms. The zero-order chi connectivity index (χ0) is 20.3. The third-order valence-electron chi connectivity index (χ3n) is 4.05. The number of hydrogen-bond donors (Lipinski definition) is 4. The Balaban J connectivity index is 1.96. The van der Waals surface area contributed by atoms with Crippen molar-refractivity contribution in [3.05, 3.63) is 53.0 Å². The summed E-state index contributed by atoms with van der Waals surface area (Å²) in [6.07, 6.45) is 0.530. The van der Waals surface area contributed by atoms with E-state index < -0.39 is 24.4 Å². The molecular weight excluding hydrogens is 385 g/mol. The molecule has 0 spiro atoms. The van der Waals surface area contributed by atoms with Crippen LogP contribution >= 0.6 is 11.3 Å². The van der Waals surface area contributed by atoms with E-state index in [2.05, 4.69) is 15.8 Å². The average Bonchev–Trinajstić information content (AvgIpc) is 3.03. The zero-order valence-corrected chi connectivity index (χ0v) is 16.1. The lowest BCUT2D eigenvalue weighted by atomic mass is 10.1. The quantitative estimate of drug-likeness (QED) is 0.451. The van der Waals surface area contributed by atoms with Gasteiger partial charge in [-0.15, -0.1) is 0 Å². The predicted molar refractivity (Wildman–Crippen MR) is 105 cm³/mol. The number of nitrogens with zero attached hydrogens (tertiary/aromatic N) is 1. The van der Waals surface area contributed by atoms with Gasteiger partial charge in [0, 0.05) is 11.6 Å². The number of benzene rings is 1. The second-order valence-electron chi connectivity index (χ2n) is 6.30. The van der Waals surface area contributed by atoms with Gasteiger partial charge in [-0.2, -0.15) is 0 Å². The summed E-state index contributed by atoms with van der Waals surface area (Å²) < 4.78 is 14.3. The number of halogens is 1. The molecule has 7 nitrogen and oxygen atoms in total. The molecule has 0 radical (unpaired) electrons. The number of aliphatic hydroxyl groups excluding tert-OH is 2. The monoisotopic (exact) mass is 405 g/mol. The summed E-state index contributed by atoms with van der Waals surface area (Å²) >= 11 is 1.22. The molecule has 4 N–H and O–H groups in total. The van der Waals surface area contributed by atoms with Crippen molar-refractivity contribution in [2.24, 2.45) is 0 Å². The van der Waals surface area contributed by atoms with Gasteiger partial charge in [0.05, 0.1) is 17.9 Å². The Morgan fingerprint density at radius 3 is 2.86 bits per heavy atom. The fourth-order valence-corrected chi connectivity index (χ4v) is 3.76. The first kappa shape index (κ1) is 20.2. The Hall–Kier alpha value is -2.59. The summed E-state index contributed by atoms with van der Waals surface area (Å²) in [5, 5.41) is 22.2. The molecule has 3 rings (SSSR count). The Kier molecular flexibility index (Phi) is 6.20. The molecule has 0 saturated heterocycles. The summed E-state index contributed by atoms with van der Waals surface area (Å²) in [7, 11) is 0. The smallest absolute Gasteiger partial charge is 0.278 e. The maximum atomic E-state index is 14.3. The van der Waals surface area contributed by atoms with Crippen LogP contribution < -0.4 is 10.8 Å². The van der Waals surface area contributed by atoms with Crippen molar-refractivity contribution in [1.82, 2.24) is 10.5 Å². The number of aromatic nitrogens is 1. The van der Waals surface area contributed by atoms with Crippen molar-refractivity contribution in [3.8, 4) is 0 Å². The van der Waals surface area contributed by atoms with Gasteiger partial charge in [-0.3, -0.25) is 9.63 Å². The number of fused-ring (bicyclic) bond motifs is 1. The molecule has 2 aromatic heterocycles. The van der Waals surface area contributed by atoms with Gasteiger partial charge in [0.2, 0.25) is 0 Å². The zero-order valence-electron chi connectivity index (χ0n) is 15.3. The molecule has 1 amide bonds. The number of amides is 1. The second-order valence-corrected chi connectivity index (χ2v) is 7.30. The highest BCUT2D eigenvalue weighted by Gasteiger charge is 2.22. The van der Waals surface area contributed by atoms with Crippen LogP contribution in [0.2, 0.25) is 0 Å². The second kappa shape index (κ2) is 8.61. The highest BCUT2D eigenvalue weighted by atomic mass is 32.1. The average molecular weight is 405 g/mol. The molecule has 0 aliphatic carbocycles. The van der Waals surface area contributed by atoms with Crippen LogP contribution in [0.3, 0.4) is 0 Å². The van der Waals surface area contributed by atoms with Crippen LogP contribution in [0.4, 0.5) is 15.1 Å². The van der Waals surface area contributed by atoms with Gasteiger partial charge in [0.1, 0.15) is 28.4 Å². The normalized spacial score (nSPS) is 12.2. The van der Waals surface area contributed by atoms with Crippen LogP contribution in [0.5, 0.6) is 0 Å². The highest BCUT2D eigenvalue weighted by molar-refractivity contribution is 7.23. The Bertz CT molecular complexity index is 1010. The summed E-state index contributed by atoms with van der Waals surface area (Å²) in [5.74, 6) is -1.00. The van der Waals surface area contributed by atoms with Crippen LogP contribution in [0.25, 0.3) is 10.2 Å². The van der Waals surface area contributed by atoms with Gasteiger partial charge >= 0.3 is 0 Å². The van der Waals surface area contributed by atoms with Gasteiger partial charge in [0.15, 0.2) is 0 Å². The van der Waals surface area contributed by atoms with Crippen molar-refractivity contribution in [2.75, 3.05) is 18.5 Å². The number of thiophene rings is 1. The van der Waals surface area contributed by atoms with Crippen molar-refractivity contribution in [3.63, 3.8) is 0 Å². The lowest BCUT2D eigenvalue weighted by Gasteiger charge is -2.11. The molecular formula is C19H20FN3O4S. The molecule has 1 aromatic carbocycles. The minimum absolute atomic E-state index is 0.237. The standard InChI is InChI=1S/C19H20FN3O4S/c1-10-3-4-14(13(20)7-10)22-19-16(17(26)23-27-9-12(25)8-24)15-11(2)5-6-21-18(15)28-19/h3-7,12,22,24-25H,8-9H2,1-2H3,(H,23,26)/t12-/m0/s1. The number of pyridine rings is 1. The molecule has 0 fully saturated rings. The summed E-state index contributed by atoms with van der Waals surface area (Å²) in [5.41, 5.74) is 4.37. The molecule has 9 heteroatoms. The Morgan fingerprint density at radius 1 is 1.36 bits per heavy atom. The van der Waals surface area contributed by atoms with E-state index in [1.165, 1.54) is 17.4 Å². The highest BCUT2D eigenvalue weighted by Crippen LogP contribution is 2.38. The van der Waals surface area contributed by atoms with Gasteiger partial charge in [-0.1, -0.05) is 17.4 Å². The minimum atomic E-state index is -1.11. The molecule has 148 valence electrons. The number of nitrogens with one attached hydrogen (secondary N) is 2. The fourth-order valence-electron chi connectivity index (χ4n) is 2.63. The molecule has 3 aromatic rings. The predicted octanol–water partition coefficient (Wildman–Crippen LogP) is 2.81. The first-order chi connectivity index (χ1) is 13.4. The van der Waals surface area contributed by atoms with E-state index in [-0.39, 0.29) is 17.9 Å². The number of carbonyl (C=O) groups is 1. The number of aryl methyl sites for hydroxylation is 2. The molecule has 28 heavy (non-hydrogen) atoms. The van der Waals surface area contributed by atoms with E-state index in [1.54, 1.807) is 31.3 Å². The van der Waals surface area contributed by atoms with E-state index in [0.717, 1.165) is 11.1 Å². The van der Waals surface area contributed by atoms with Crippen molar-refractivity contribution >= 4 is 38.1 Å². The van der Waals surface area contributed by atoms with Crippen LogP contribution in [-0.4, -0.2) is 40.4 Å². The first-order valence-electron chi connectivity index (χ1n) is 8.53. The number of aliphatic hydroxyl groups is 2. The number of rotatable bonds is 7. The van der Waals surface area contributed by atoms with E-state index in [0.29, 0.717) is 15.2 Å². The van der Waals surface area contributed by atoms with Crippen molar-refractivity contribution in [1.29, 1.82) is 0 Å². The van der Waals surface area contributed by atoms with Gasteiger partial charge < -0.3 is 15.5 Å². The van der Waals surface area contributed by atoms with E-state index in [1.807, 2.05) is 6.92 Å². The largest absolute Gasteiger partial charge is 0.394 e. The van der Waals surface area contributed by atoms with Crippen LogP contribution in [0, 0.1) is 19.7 Å². The lowest BCUT2D eigenvalue weighted by molar-refractivity contribution is -0.0294. The number of carbonyl (C=O) groups excluding carboxylic acids is 1. The van der Waals surface area contributed by atoms with Crippen LogP contribution in [-0.2, 0) is 4.84 Å². The first-order valence-corrected chi connectivity index (χ1v) is 9.34. The molecule has 0 saturated carbocycles. The topological polar surface area (TPSA) is 104 Å². The van der Waals surface area contributed by atoms with E-state index in [4.69, 9.17) is 9.94 Å². The fraction of sp³-hybridized carbons (Fsp3) is 0.263. The van der Waals surface area contributed by atoms with Crippen LogP contribution in [0.15, 0.2) is 30.5 Å². The molecule has 2 heterocycles. The van der Waals surface area contributed by atoms with Gasteiger partial charge in [-0.05, 0) is 43.2 Å². The minimum Gasteiger partial charge on any atom is -0.394 e.